The number of hydrogen-bond donors (Lipinski definition) is 2. The molecule has 112 valence electrons. The van der Waals surface area contributed by atoms with Gasteiger partial charge in [-0.3, -0.25) is 9.40 Å². The first-order valence-electron chi connectivity index (χ1n) is 5.45. The fourth-order valence-electron chi connectivity index (χ4n) is 1.55. The van der Waals surface area contributed by atoms with Gasteiger partial charge in [0.05, 0.1) is 21.7 Å². The molecule has 0 radical (unpaired) electrons. The molecule has 0 saturated carbocycles. The summed E-state index contributed by atoms with van der Waals surface area (Å²) in [5.74, 6) is -2.53. The fourth-order valence-corrected chi connectivity index (χ4v) is 2.86. The molecule has 2 N–H and O–H groups in total. The average molecular weight is 334 g/mol. The van der Waals surface area contributed by atoms with Gasteiger partial charge in [-0.1, -0.05) is 11.6 Å². The number of aromatic nitrogens is 2. The van der Waals surface area contributed by atoms with Crippen LogP contribution >= 0.6 is 11.6 Å². The number of carbonyl (C=O) groups is 1. The Labute approximate surface area is 124 Å². The minimum absolute atomic E-state index is 0.141. The number of anilines is 1. The molecule has 0 aliphatic carbocycles. The van der Waals surface area contributed by atoms with Crippen LogP contribution < -0.4 is 4.72 Å². The molecule has 0 fully saturated rings. The van der Waals surface area contributed by atoms with Crippen LogP contribution in [0.3, 0.4) is 0 Å². The number of hydrogen-bond acceptors (Lipinski definition) is 4. The zero-order chi connectivity index (χ0) is 15.8. The minimum atomic E-state index is -4.17. The van der Waals surface area contributed by atoms with E-state index in [1.165, 1.54) is 24.0 Å². The number of carboxylic acids is 1. The Hall–Kier alpha value is -2.13. The number of halogens is 2. The predicted octanol–water partition coefficient (Wildman–Crippen LogP) is 1.71. The van der Waals surface area contributed by atoms with E-state index in [9.17, 15) is 17.6 Å². The maximum absolute atomic E-state index is 13.6. The van der Waals surface area contributed by atoms with Crippen molar-refractivity contribution in [3.63, 3.8) is 0 Å². The summed E-state index contributed by atoms with van der Waals surface area (Å²) in [6.07, 6.45) is 1.36. The van der Waals surface area contributed by atoms with Crippen LogP contribution in [0.2, 0.25) is 5.02 Å². The molecule has 0 spiro atoms. The summed E-state index contributed by atoms with van der Waals surface area (Å²) in [6, 6.07) is 2.82. The van der Waals surface area contributed by atoms with Crippen molar-refractivity contribution in [3.05, 3.63) is 40.8 Å². The molecule has 1 aromatic carbocycles. The van der Waals surface area contributed by atoms with Crippen LogP contribution in [-0.2, 0) is 17.1 Å². The second-order valence-corrected chi connectivity index (χ2v) is 6.08. The van der Waals surface area contributed by atoms with Crippen LogP contribution in [0.5, 0.6) is 0 Å². The SMILES string of the molecule is Cn1nccc1NS(=O)(=O)c1cc(F)c(Cl)c(C(=O)O)c1. The number of sulfonamides is 1. The number of benzene rings is 1. The largest absolute Gasteiger partial charge is 0.478 e. The van der Waals surface area contributed by atoms with Gasteiger partial charge in [0, 0.05) is 13.1 Å². The van der Waals surface area contributed by atoms with Crippen molar-refractivity contribution in [1.82, 2.24) is 9.78 Å². The van der Waals surface area contributed by atoms with Crippen molar-refractivity contribution in [2.45, 2.75) is 4.90 Å². The Morgan fingerprint density at radius 1 is 1.48 bits per heavy atom. The van der Waals surface area contributed by atoms with E-state index in [4.69, 9.17) is 16.7 Å². The van der Waals surface area contributed by atoms with Crippen molar-refractivity contribution < 1.29 is 22.7 Å². The number of carboxylic acid groups (broad SMARTS) is 1. The lowest BCUT2D eigenvalue weighted by Crippen LogP contribution is -2.16. The highest BCUT2D eigenvalue weighted by Crippen LogP contribution is 2.25. The molecule has 0 aliphatic heterocycles. The maximum Gasteiger partial charge on any atom is 0.337 e. The summed E-state index contributed by atoms with van der Waals surface area (Å²) in [5, 5.41) is 12.0. The van der Waals surface area contributed by atoms with Crippen molar-refractivity contribution in [1.29, 1.82) is 0 Å². The molecule has 1 heterocycles. The molecule has 0 atom stereocenters. The molecule has 0 unspecified atom stereocenters. The molecular formula is C11H9ClFN3O4S. The summed E-state index contributed by atoms with van der Waals surface area (Å²) in [5.41, 5.74) is -0.637. The van der Waals surface area contributed by atoms with E-state index in [0.717, 1.165) is 6.07 Å². The first kappa shape index (κ1) is 15.3. The molecule has 2 aromatic rings. The van der Waals surface area contributed by atoms with E-state index in [1.54, 1.807) is 0 Å². The van der Waals surface area contributed by atoms with Gasteiger partial charge in [0.15, 0.2) is 0 Å². The van der Waals surface area contributed by atoms with Gasteiger partial charge in [-0.15, -0.1) is 0 Å². The summed E-state index contributed by atoms with van der Waals surface area (Å²) in [7, 11) is -2.67. The van der Waals surface area contributed by atoms with Gasteiger partial charge >= 0.3 is 5.97 Å². The van der Waals surface area contributed by atoms with Crippen LogP contribution in [0.1, 0.15) is 10.4 Å². The van der Waals surface area contributed by atoms with E-state index in [1.807, 2.05) is 0 Å². The zero-order valence-electron chi connectivity index (χ0n) is 10.5. The minimum Gasteiger partial charge on any atom is -0.478 e. The number of nitrogens with one attached hydrogen (secondary N) is 1. The summed E-state index contributed by atoms with van der Waals surface area (Å²) in [6.45, 7) is 0. The molecule has 1 aromatic heterocycles. The quantitative estimate of drug-likeness (QED) is 0.887. The highest BCUT2D eigenvalue weighted by atomic mass is 35.5. The second-order valence-electron chi connectivity index (χ2n) is 4.02. The topological polar surface area (TPSA) is 101 Å². The van der Waals surface area contributed by atoms with E-state index < -0.39 is 37.3 Å². The number of nitrogens with zero attached hydrogens (tertiary/aromatic N) is 2. The standard InChI is InChI=1S/C11H9ClFN3O4S/c1-16-9(2-3-14-16)15-21(19,20)6-4-7(11(17)18)10(12)8(13)5-6/h2-5,15H,1H3,(H,17,18). The molecular weight excluding hydrogens is 325 g/mol. The van der Waals surface area contributed by atoms with Gasteiger partial charge in [-0.25, -0.2) is 17.6 Å². The number of rotatable bonds is 4. The van der Waals surface area contributed by atoms with Crippen molar-refractivity contribution in [2.24, 2.45) is 7.05 Å². The highest BCUT2D eigenvalue weighted by molar-refractivity contribution is 7.92. The lowest BCUT2D eigenvalue weighted by atomic mass is 10.2. The van der Waals surface area contributed by atoms with Crippen LogP contribution in [0, 0.1) is 5.82 Å². The van der Waals surface area contributed by atoms with E-state index in [0.29, 0.717) is 6.07 Å². The number of aryl methyl sites for hydroxylation is 1. The first-order chi connectivity index (χ1) is 9.72. The Bertz CT molecular complexity index is 819. The average Bonchev–Trinajstić information content (AvgIpc) is 2.77. The van der Waals surface area contributed by atoms with Crippen molar-refractivity contribution >= 4 is 33.4 Å². The van der Waals surface area contributed by atoms with Gasteiger partial charge in [-0.05, 0) is 12.1 Å². The van der Waals surface area contributed by atoms with Crippen LogP contribution in [0.25, 0.3) is 0 Å². The fraction of sp³-hybridized carbons (Fsp3) is 0.0909. The Balaban J connectivity index is 2.50. The molecule has 2 rings (SSSR count). The van der Waals surface area contributed by atoms with Gasteiger partial charge in [0.25, 0.3) is 10.0 Å². The van der Waals surface area contributed by atoms with Gasteiger partial charge in [-0.2, -0.15) is 5.10 Å². The van der Waals surface area contributed by atoms with Crippen molar-refractivity contribution in [3.8, 4) is 0 Å². The number of aromatic carboxylic acids is 1. The third kappa shape index (κ3) is 2.98. The van der Waals surface area contributed by atoms with E-state index >= 15 is 0 Å². The zero-order valence-corrected chi connectivity index (χ0v) is 12.1. The monoisotopic (exact) mass is 333 g/mol. The highest BCUT2D eigenvalue weighted by Gasteiger charge is 2.22. The third-order valence-corrected chi connectivity index (χ3v) is 4.32. The van der Waals surface area contributed by atoms with Gasteiger partial charge in [0.2, 0.25) is 0 Å². The van der Waals surface area contributed by atoms with Crippen LogP contribution in [0.4, 0.5) is 10.2 Å². The molecule has 0 saturated heterocycles. The summed E-state index contributed by atoms with van der Waals surface area (Å²) < 4.78 is 41.3. The summed E-state index contributed by atoms with van der Waals surface area (Å²) >= 11 is 5.49. The van der Waals surface area contributed by atoms with Crippen LogP contribution in [0.15, 0.2) is 29.3 Å². The molecule has 10 heteroatoms. The lowest BCUT2D eigenvalue weighted by molar-refractivity contribution is 0.0696. The third-order valence-electron chi connectivity index (χ3n) is 2.60. The van der Waals surface area contributed by atoms with E-state index in [-0.39, 0.29) is 5.82 Å². The second kappa shape index (κ2) is 5.34. The van der Waals surface area contributed by atoms with Crippen molar-refractivity contribution in [2.75, 3.05) is 4.72 Å². The molecule has 7 nitrogen and oxygen atoms in total. The van der Waals surface area contributed by atoms with Gasteiger partial charge < -0.3 is 5.11 Å². The smallest absolute Gasteiger partial charge is 0.337 e. The Morgan fingerprint density at radius 2 is 2.14 bits per heavy atom. The molecule has 0 amide bonds. The molecule has 21 heavy (non-hydrogen) atoms. The Morgan fingerprint density at radius 3 is 2.67 bits per heavy atom. The first-order valence-corrected chi connectivity index (χ1v) is 7.31. The molecule has 0 bridgehead atoms. The van der Waals surface area contributed by atoms with E-state index in [2.05, 4.69) is 9.82 Å². The Kier molecular flexibility index (Phi) is 3.88. The van der Waals surface area contributed by atoms with Crippen LogP contribution in [-0.4, -0.2) is 29.3 Å². The lowest BCUT2D eigenvalue weighted by Gasteiger charge is -2.10. The predicted molar refractivity (Wildman–Crippen MR) is 72.4 cm³/mol. The summed E-state index contributed by atoms with van der Waals surface area (Å²) in [4.78, 5) is 10.4. The maximum atomic E-state index is 13.6. The normalized spacial score (nSPS) is 11.4. The molecule has 0 aliphatic rings. The van der Waals surface area contributed by atoms with Gasteiger partial charge in [0.1, 0.15) is 11.6 Å².